The minimum atomic E-state index is 0.0391. The van der Waals surface area contributed by atoms with Gasteiger partial charge >= 0.3 is 0 Å². The van der Waals surface area contributed by atoms with Crippen LogP contribution >= 0.6 is 0 Å². The summed E-state index contributed by atoms with van der Waals surface area (Å²) < 4.78 is 0. The number of nitrogens with zero attached hydrogens (tertiary/aromatic N) is 2. The van der Waals surface area contributed by atoms with Gasteiger partial charge in [0.05, 0.1) is 0 Å². The van der Waals surface area contributed by atoms with E-state index in [9.17, 15) is 9.59 Å². The molecule has 5 nitrogen and oxygen atoms in total. The van der Waals surface area contributed by atoms with Crippen LogP contribution in [0.3, 0.4) is 0 Å². The molecule has 1 aromatic rings. The first-order valence-electron chi connectivity index (χ1n) is 10.1. The summed E-state index contributed by atoms with van der Waals surface area (Å²) in [6.07, 6.45) is 6.18. The Hall–Kier alpha value is -2.04. The lowest BCUT2D eigenvalue weighted by atomic mass is 9.95. The maximum atomic E-state index is 12.6. The van der Waals surface area contributed by atoms with E-state index in [0.29, 0.717) is 12.5 Å². The van der Waals surface area contributed by atoms with Crippen molar-refractivity contribution in [2.24, 2.45) is 11.8 Å². The van der Waals surface area contributed by atoms with E-state index >= 15 is 0 Å². The van der Waals surface area contributed by atoms with Crippen LogP contribution in [-0.4, -0.2) is 42.9 Å². The van der Waals surface area contributed by atoms with E-state index in [-0.39, 0.29) is 17.7 Å². The fourth-order valence-corrected chi connectivity index (χ4v) is 4.20. The van der Waals surface area contributed by atoms with Crippen LogP contribution in [0.25, 0.3) is 0 Å². The number of carbonyl (C=O) groups excluding carboxylic acids is 2. The van der Waals surface area contributed by atoms with Crippen molar-refractivity contribution >= 4 is 17.5 Å². The van der Waals surface area contributed by atoms with Crippen LogP contribution in [0.4, 0.5) is 5.69 Å². The van der Waals surface area contributed by atoms with Crippen molar-refractivity contribution in [3.05, 3.63) is 29.8 Å². The largest absolute Gasteiger partial charge is 0.371 e. The molecule has 5 heteroatoms. The van der Waals surface area contributed by atoms with Crippen molar-refractivity contribution in [3.63, 3.8) is 0 Å². The predicted molar refractivity (Wildman–Crippen MR) is 102 cm³/mol. The van der Waals surface area contributed by atoms with E-state index in [0.717, 1.165) is 51.9 Å². The summed E-state index contributed by atoms with van der Waals surface area (Å²) in [6, 6.07) is 8.40. The van der Waals surface area contributed by atoms with Crippen molar-refractivity contribution in [1.29, 1.82) is 0 Å². The third-order valence-corrected chi connectivity index (χ3v) is 6.00. The van der Waals surface area contributed by atoms with Gasteiger partial charge in [0.15, 0.2) is 0 Å². The number of piperidine rings is 1. The highest BCUT2D eigenvalue weighted by molar-refractivity contribution is 5.82. The molecule has 3 fully saturated rings. The van der Waals surface area contributed by atoms with E-state index in [4.69, 9.17) is 0 Å². The van der Waals surface area contributed by atoms with Crippen LogP contribution in [0, 0.1) is 11.8 Å². The monoisotopic (exact) mass is 355 g/mol. The number of anilines is 1. The minimum Gasteiger partial charge on any atom is -0.371 e. The Morgan fingerprint density at radius 2 is 1.62 bits per heavy atom. The second kappa shape index (κ2) is 7.68. The summed E-state index contributed by atoms with van der Waals surface area (Å²) in [7, 11) is 0. The highest BCUT2D eigenvalue weighted by Crippen LogP contribution is 2.32. The molecule has 0 radical (unpaired) electrons. The van der Waals surface area contributed by atoms with Crippen LogP contribution < -0.4 is 10.2 Å². The van der Waals surface area contributed by atoms with Gasteiger partial charge in [0.25, 0.3) is 0 Å². The molecule has 1 N–H and O–H groups in total. The molecular weight excluding hydrogens is 326 g/mol. The summed E-state index contributed by atoms with van der Waals surface area (Å²) in [5, 5.41) is 3.14. The maximum absolute atomic E-state index is 12.6. The number of carbonyl (C=O) groups is 2. The first kappa shape index (κ1) is 17.4. The van der Waals surface area contributed by atoms with Gasteiger partial charge in [-0.1, -0.05) is 18.2 Å². The molecule has 0 unspecified atom stereocenters. The maximum Gasteiger partial charge on any atom is 0.225 e. The van der Waals surface area contributed by atoms with Crippen LogP contribution in [0.1, 0.15) is 44.1 Å². The minimum absolute atomic E-state index is 0.0391. The van der Waals surface area contributed by atoms with Gasteiger partial charge in [0.1, 0.15) is 0 Å². The summed E-state index contributed by atoms with van der Waals surface area (Å²) in [5.41, 5.74) is 2.46. The van der Waals surface area contributed by atoms with E-state index in [1.54, 1.807) is 0 Å². The Labute approximate surface area is 155 Å². The smallest absolute Gasteiger partial charge is 0.225 e. The molecule has 0 spiro atoms. The Balaban J connectivity index is 1.29. The van der Waals surface area contributed by atoms with Gasteiger partial charge in [0.2, 0.25) is 11.8 Å². The molecule has 3 aliphatic rings. The van der Waals surface area contributed by atoms with E-state index in [1.165, 1.54) is 24.1 Å². The summed E-state index contributed by atoms with van der Waals surface area (Å²) >= 11 is 0. The fraction of sp³-hybridized carbons (Fsp3) is 0.619. The van der Waals surface area contributed by atoms with Crippen LogP contribution in [-0.2, 0) is 16.1 Å². The molecule has 0 bridgehead atoms. The molecule has 26 heavy (non-hydrogen) atoms. The van der Waals surface area contributed by atoms with Crippen LogP contribution in [0.5, 0.6) is 0 Å². The molecule has 0 aromatic heterocycles. The number of para-hydroxylation sites is 1. The zero-order chi connectivity index (χ0) is 17.9. The molecule has 1 saturated carbocycles. The number of nitrogens with one attached hydrogen (secondary N) is 1. The average Bonchev–Trinajstić information content (AvgIpc) is 3.40. The quantitative estimate of drug-likeness (QED) is 0.883. The lowest BCUT2D eigenvalue weighted by Gasteiger charge is -2.31. The third kappa shape index (κ3) is 3.87. The molecule has 2 amide bonds. The van der Waals surface area contributed by atoms with Gasteiger partial charge in [-0.05, 0) is 50.2 Å². The summed E-state index contributed by atoms with van der Waals surface area (Å²) in [4.78, 5) is 29.1. The second-order valence-electron chi connectivity index (χ2n) is 7.91. The van der Waals surface area contributed by atoms with Crippen molar-refractivity contribution < 1.29 is 9.59 Å². The fourth-order valence-electron chi connectivity index (χ4n) is 4.20. The summed E-state index contributed by atoms with van der Waals surface area (Å²) in [5.74, 6) is 0.766. The van der Waals surface area contributed by atoms with Gasteiger partial charge in [-0.15, -0.1) is 0 Å². The average molecular weight is 355 g/mol. The van der Waals surface area contributed by atoms with E-state index in [1.807, 2.05) is 11.0 Å². The predicted octanol–water partition coefficient (Wildman–Crippen LogP) is 2.55. The Kier molecular flexibility index (Phi) is 5.14. The zero-order valence-electron chi connectivity index (χ0n) is 15.5. The number of hydrogen-bond donors (Lipinski definition) is 1. The van der Waals surface area contributed by atoms with Crippen molar-refractivity contribution in [2.45, 2.75) is 45.1 Å². The first-order valence-corrected chi connectivity index (χ1v) is 10.1. The van der Waals surface area contributed by atoms with Crippen molar-refractivity contribution in [2.75, 3.05) is 31.1 Å². The van der Waals surface area contributed by atoms with Crippen molar-refractivity contribution in [3.8, 4) is 0 Å². The van der Waals surface area contributed by atoms with E-state index in [2.05, 4.69) is 28.4 Å². The highest BCUT2D eigenvalue weighted by Gasteiger charge is 2.35. The standard InChI is InChI=1S/C21H29N3O2/c25-20(16-9-13-24(14-10-16)21(26)17-7-8-17)22-15-18-5-1-2-6-19(18)23-11-3-4-12-23/h1-2,5-6,16-17H,3-4,7-15H2,(H,22,25). The molecule has 2 aliphatic heterocycles. The molecule has 2 heterocycles. The molecule has 0 atom stereocenters. The number of hydrogen-bond acceptors (Lipinski definition) is 3. The number of benzene rings is 1. The van der Waals surface area contributed by atoms with Gasteiger partial charge in [-0.25, -0.2) is 0 Å². The molecule has 4 rings (SSSR count). The summed E-state index contributed by atoms with van der Waals surface area (Å²) in [6.45, 7) is 4.28. The van der Waals surface area contributed by atoms with Gasteiger partial charge < -0.3 is 15.1 Å². The topological polar surface area (TPSA) is 52.7 Å². The van der Waals surface area contributed by atoms with Gasteiger partial charge in [-0.3, -0.25) is 9.59 Å². The highest BCUT2D eigenvalue weighted by atomic mass is 16.2. The Bertz CT molecular complexity index is 657. The second-order valence-corrected chi connectivity index (χ2v) is 7.91. The SMILES string of the molecule is O=C(NCc1ccccc1N1CCCC1)C1CCN(C(=O)C2CC2)CC1. The number of amides is 2. The van der Waals surface area contributed by atoms with Crippen molar-refractivity contribution in [1.82, 2.24) is 10.2 Å². The Morgan fingerprint density at radius 1 is 0.923 bits per heavy atom. The lowest BCUT2D eigenvalue weighted by Crippen LogP contribution is -2.43. The van der Waals surface area contributed by atoms with Crippen LogP contribution in [0.2, 0.25) is 0 Å². The van der Waals surface area contributed by atoms with Gasteiger partial charge in [-0.2, -0.15) is 0 Å². The lowest BCUT2D eigenvalue weighted by molar-refractivity contribution is -0.136. The number of likely N-dealkylation sites (tertiary alicyclic amines) is 1. The first-order chi connectivity index (χ1) is 12.7. The van der Waals surface area contributed by atoms with Crippen LogP contribution in [0.15, 0.2) is 24.3 Å². The third-order valence-electron chi connectivity index (χ3n) is 6.00. The normalized spacial score (nSPS) is 21.1. The molecule has 1 aromatic carbocycles. The van der Waals surface area contributed by atoms with Gasteiger partial charge in [0, 0.05) is 50.2 Å². The Morgan fingerprint density at radius 3 is 2.31 bits per heavy atom. The molecule has 1 aliphatic carbocycles. The number of rotatable bonds is 5. The zero-order valence-corrected chi connectivity index (χ0v) is 15.5. The van der Waals surface area contributed by atoms with E-state index < -0.39 is 0 Å². The molecular formula is C21H29N3O2. The molecule has 2 saturated heterocycles. The molecule has 140 valence electrons.